The zero-order valence-electron chi connectivity index (χ0n) is 11.8. The minimum atomic E-state index is 0.386. The molecule has 2 aromatic heterocycles. The third kappa shape index (κ3) is 1.82. The van der Waals surface area contributed by atoms with Crippen LogP contribution in [-0.2, 0) is 7.05 Å². The Kier molecular flexibility index (Phi) is 2.89. The first-order valence-corrected chi connectivity index (χ1v) is 6.56. The molecule has 0 spiro atoms. The van der Waals surface area contributed by atoms with Gasteiger partial charge in [0.25, 0.3) is 0 Å². The van der Waals surface area contributed by atoms with E-state index in [-0.39, 0.29) is 0 Å². The molecule has 5 nitrogen and oxygen atoms in total. The maximum absolute atomic E-state index is 5.66. The Morgan fingerprint density at radius 1 is 1.35 bits per heavy atom. The number of anilines is 1. The van der Waals surface area contributed by atoms with Crippen molar-refractivity contribution >= 4 is 16.7 Å². The molecule has 0 saturated heterocycles. The standard InChI is InChI=1S/C15H17N3O2/c1-4-19-10-5-6-12-11(7-10)15(9(2)18(12)3)13-8-14(16)17-20-13/h5-8H,4H2,1-3H3,(H2,16,17). The number of benzene rings is 1. The molecular weight excluding hydrogens is 254 g/mol. The van der Waals surface area contributed by atoms with Crippen LogP contribution in [0.4, 0.5) is 5.82 Å². The van der Waals surface area contributed by atoms with Gasteiger partial charge in [-0.15, -0.1) is 0 Å². The molecule has 1 aromatic carbocycles. The van der Waals surface area contributed by atoms with E-state index in [2.05, 4.69) is 15.8 Å². The minimum absolute atomic E-state index is 0.386. The van der Waals surface area contributed by atoms with Crippen LogP contribution < -0.4 is 10.5 Å². The van der Waals surface area contributed by atoms with E-state index < -0.39 is 0 Å². The van der Waals surface area contributed by atoms with E-state index in [1.54, 1.807) is 6.07 Å². The Morgan fingerprint density at radius 2 is 2.15 bits per heavy atom. The normalized spacial score (nSPS) is 11.2. The lowest BCUT2D eigenvalue weighted by Crippen LogP contribution is -1.92. The molecule has 3 aromatic rings. The molecule has 20 heavy (non-hydrogen) atoms. The number of fused-ring (bicyclic) bond motifs is 1. The minimum Gasteiger partial charge on any atom is -0.494 e. The van der Waals surface area contributed by atoms with Crippen LogP contribution in [0.5, 0.6) is 5.75 Å². The molecule has 0 bridgehead atoms. The van der Waals surface area contributed by atoms with E-state index in [9.17, 15) is 0 Å². The fraction of sp³-hybridized carbons (Fsp3) is 0.267. The largest absolute Gasteiger partial charge is 0.494 e. The summed E-state index contributed by atoms with van der Waals surface area (Å²) in [5.41, 5.74) is 8.89. The van der Waals surface area contributed by atoms with E-state index in [0.717, 1.165) is 27.9 Å². The molecule has 2 N–H and O–H groups in total. The van der Waals surface area contributed by atoms with Crippen LogP contribution >= 0.6 is 0 Å². The summed E-state index contributed by atoms with van der Waals surface area (Å²) in [7, 11) is 2.03. The monoisotopic (exact) mass is 271 g/mol. The first-order chi connectivity index (χ1) is 9.61. The van der Waals surface area contributed by atoms with Gasteiger partial charge >= 0.3 is 0 Å². The van der Waals surface area contributed by atoms with Crippen molar-refractivity contribution < 1.29 is 9.26 Å². The topological polar surface area (TPSA) is 66.2 Å². The van der Waals surface area contributed by atoms with Crippen LogP contribution in [-0.4, -0.2) is 16.3 Å². The fourth-order valence-electron chi connectivity index (χ4n) is 2.53. The lowest BCUT2D eigenvalue weighted by molar-refractivity contribution is 0.340. The van der Waals surface area contributed by atoms with Crippen molar-refractivity contribution in [1.82, 2.24) is 9.72 Å². The number of nitrogen functional groups attached to an aromatic ring is 1. The molecule has 0 aliphatic carbocycles. The summed E-state index contributed by atoms with van der Waals surface area (Å²) < 4.78 is 13.0. The molecule has 0 aliphatic heterocycles. The Balaban J connectivity index is 2.28. The SMILES string of the molecule is CCOc1ccc2c(c1)c(-c1cc(N)no1)c(C)n2C. The second-order valence-corrected chi connectivity index (χ2v) is 4.75. The summed E-state index contributed by atoms with van der Waals surface area (Å²) in [6.07, 6.45) is 0. The third-order valence-electron chi connectivity index (χ3n) is 3.55. The highest BCUT2D eigenvalue weighted by Crippen LogP contribution is 2.36. The molecule has 0 amide bonds. The maximum Gasteiger partial charge on any atom is 0.171 e. The molecule has 0 saturated carbocycles. The number of aromatic nitrogens is 2. The van der Waals surface area contributed by atoms with Crippen LogP contribution in [0.15, 0.2) is 28.8 Å². The van der Waals surface area contributed by atoms with Gasteiger partial charge in [0.05, 0.1) is 6.61 Å². The van der Waals surface area contributed by atoms with E-state index in [1.165, 1.54) is 0 Å². The quantitative estimate of drug-likeness (QED) is 0.794. The van der Waals surface area contributed by atoms with Crippen molar-refractivity contribution in [1.29, 1.82) is 0 Å². The molecule has 0 unspecified atom stereocenters. The second-order valence-electron chi connectivity index (χ2n) is 4.75. The van der Waals surface area contributed by atoms with E-state index in [4.69, 9.17) is 15.0 Å². The summed E-state index contributed by atoms with van der Waals surface area (Å²) in [4.78, 5) is 0. The molecular formula is C15H17N3O2. The van der Waals surface area contributed by atoms with E-state index >= 15 is 0 Å². The summed E-state index contributed by atoms with van der Waals surface area (Å²) in [6, 6.07) is 7.80. The van der Waals surface area contributed by atoms with Crippen molar-refractivity contribution in [3.8, 4) is 17.1 Å². The molecule has 5 heteroatoms. The Bertz CT molecular complexity index is 771. The molecule has 0 aliphatic rings. The van der Waals surface area contributed by atoms with E-state index in [0.29, 0.717) is 18.2 Å². The van der Waals surface area contributed by atoms with Gasteiger partial charge < -0.3 is 19.6 Å². The molecule has 104 valence electrons. The van der Waals surface area contributed by atoms with Gasteiger partial charge in [0.2, 0.25) is 0 Å². The van der Waals surface area contributed by atoms with Gasteiger partial charge in [0.15, 0.2) is 11.6 Å². The van der Waals surface area contributed by atoms with Crippen LogP contribution in [0, 0.1) is 6.92 Å². The number of ether oxygens (including phenoxy) is 1. The van der Waals surface area contributed by atoms with Crippen molar-refractivity contribution in [3.63, 3.8) is 0 Å². The van der Waals surface area contributed by atoms with Crippen molar-refractivity contribution in [3.05, 3.63) is 30.0 Å². The Labute approximate surface area is 116 Å². The highest BCUT2D eigenvalue weighted by Gasteiger charge is 2.17. The number of rotatable bonds is 3. The van der Waals surface area contributed by atoms with Crippen molar-refractivity contribution in [2.24, 2.45) is 7.05 Å². The van der Waals surface area contributed by atoms with Gasteiger partial charge in [-0.25, -0.2) is 0 Å². The number of aryl methyl sites for hydroxylation is 1. The summed E-state index contributed by atoms with van der Waals surface area (Å²) >= 11 is 0. The van der Waals surface area contributed by atoms with Gasteiger partial charge in [-0.05, 0) is 32.0 Å². The predicted molar refractivity (Wildman–Crippen MR) is 78.7 cm³/mol. The lowest BCUT2D eigenvalue weighted by atomic mass is 10.1. The highest BCUT2D eigenvalue weighted by molar-refractivity contribution is 5.97. The Hall–Kier alpha value is -2.43. The van der Waals surface area contributed by atoms with Crippen LogP contribution in [0.25, 0.3) is 22.2 Å². The number of nitrogens with two attached hydrogens (primary N) is 1. The molecule has 0 fully saturated rings. The zero-order chi connectivity index (χ0) is 14.3. The summed E-state index contributed by atoms with van der Waals surface area (Å²) in [5, 5.41) is 4.85. The first-order valence-electron chi connectivity index (χ1n) is 6.56. The predicted octanol–water partition coefficient (Wildman–Crippen LogP) is 3.12. The molecule has 3 rings (SSSR count). The lowest BCUT2D eigenvalue weighted by Gasteiger charge is -2.03. The number of hydrogen-bond acceptors (Lipinski definition) is 4. The molecule has 2 heterocycles. The highest BCUT2D eigenvalue weighted by atomic mass is 16.5. The average Bonchev–Trinajstić information content (AvgIpc) is 2.94. The molecule has 0 atom stereocenters. The van der Waals surface area contributed by atoms with Crippen LogP contribution in [0.1, 0.15) is 12.6 Å². The smallest absolute Gasteiger partial charge is 0.171 e. The summed E-state index contributed by atoms with van der Waals surface area (Å²) in [5.74, 6) is 1.91. The first kappa shape index (κ1) is 12.6. The number of nitrogens with zero attached hydrogens (tertiary/aromatic N) is 2. The van der Waals surface area contributed by atoms with Gasteiger partial charge in [-0.1, -0.05) is 5.16 Å². The summed E-state index contributed by atoms with van der Waals surface area (Å²) in [6.45, 7) is 4.66. The van der Waals surface area contributed by atoms with Crippen molar-refractivity contribution in [2.45, 2.75) is 13.8 Å². The van der Waals surface area contributed by atoms with Gasteiger partial charge in [0.1, 0.15) is 5.75 Å². The zero-order valence-corrected chi connectivity index (χ0v) is 11.8. The number of hydrogen-bond donors (Lipinski definition) is 1. The Morgan fingerprint density at radius 3 is 2.80 bits per heavy atom. The average molecular weight is 271 g/mol. The van der Waals surface area contributed by atoms with E-state index in [1.807, 2.05) is 33.0 Å². The molecule has 0 radical (unpaired) electrons. The van der Waals surface area contributed by atoms with Crippen LogP contribution in [0.3, 0.4) is 0 Å². The fourth-order valence-corrected chi connectivity index (χ4v) is 2.53. The third-order valence-corrected chi connectivity index (χ3v) is 3.55. The second kappa shape index (κ2) is 4.59. The maximum atomic E-state index is 5.66. The van der Waals surface area contributed by atoms with Gasteiger partial charge in [-0.2, -0.15) is 0 Å². The van der Waals surface area contributed by atoms with Crippen molar-refractivity contribution in [2.75, 3.05) is 12.3 Å². The van der Waals surface area contributed by atoms with Gasteiger partial charge in [-0.3, -0.25) is 0 Å². The van der Waals surface area contributed by atoms with Gasteiger partial charge in [0, 0.05) is 35.3 Å². The van der Waals surface area contributed by atoms with Crippen LogP contribution in [0.2, 0.25) is 0 Å².